The van der Waals surface area contributed by atoms with Crippen molar-refractivity contribution in [2.45, 2.75) is 31.8 Å². The highest BCUT2D eigenvalue weighted by atomic mass is 35.5. The average Bonchev–Trinajstić information content (AvgIpc) is 2.56. The Kier molecular flexibility index (Phi) is 7.95. The van der Waals surface area contributed by atoms with Gasteiger partial charge in [0.2, 0.25) is 0 Å². The van der Waals surface area contributed by atoms with E-state index < -0.39 is 11.5 Å². The molecule has 2 unspecified atom stereocenters. The van der Waals surface area contributed by atoms with E-state index in [1.165, 1.54) is 11.1 Å². The number of halogens is 1. The normalized spacial score (nSPS) is 14.1. The van der Waals surface area contributed by atoms with Crippen molar-refractivity contribution in [3.05, 3.63) is 71.8 Å². The number of benzene rings is 2. The molecule has 132 valence electrons. The molecular weight excluding hydrogens is 318 g/mol. The van der Waals surface area contributed by atoms with Crippen LogP contribution in [-0.4, -0.2) is 36.8 Å². The van der Waals surface area contributed by atoms with Crippen LogP contribution in [-0.2, 0) is 5.41 Å². The van der Waals surface area contributed by atoms with Crippen molar-refractivity contribution < 1.29 is 5.11 Å². The van der Waals surface area contributed by atoms with Gasteiger partial charge in [0.25, 0.3) is 0 Å². The molecule has 0 radical (unpaired) electrons. The molecule has 2 rings (SSSR count). The summed E-state index contributed by atoms with van der Waals surface area (Å²) < 4.78 is 0. The first-order chi connectivity index (χ1) is 11.0. The zero-order chi connectivity index (χ0) is 16.9. The molecule has 0 saturated heterocycles. The Labute approximate surface area is 152 Å². The number of hydrogen-bond acceptors (Lipinski definition) is 2. The topological polar surface area (TPSA) is 23.5 Å². The highest BCUT2D eigenvalue weighted by Crippen LogP contribution is 2.43. The monoisotopic (exact) mass is 347 g/mol. The van der Waals surface area contributed by atoms with Gasteiger partial charge in [-0.2, -0.15) is 0 Å². The van der Waals surface area contributed by atoms with Crippen LogP contribution >= 0.6 is 12.4 Å². The summed E-state index contributed by atoms with van der Waals surface area (Å²) in [4.78, 5) is 2.20. The van der Waals surface area contributed by atoms with Gasteiger partial charge >= 0.3 is 0 Å². The fourth-order valence-electron chi connectivity index (χ4n) is 3.89. The third-order valence-corrected chi connectivity index (χ3v) is 4.83. The Morgan fingerprint density at radius 3 is 1.67 bits per heavy atom. The van der Waals surface area contributed by atoms with Crippen LogP contribution < -0.4 is 0 Å². The van der Waals surface area contributed by atoms with Crippen LogP contribution in [0.3, 0.4) is 0 Å². The lowest BCUT2D eigenvalue weighted by atomic mass is 9.62. The average molecular weight is 348 g/mol. The van der Waals surface area contributed by atoms with Crippen LogP contribution in [0.1, 0.15) is 31.4 Å². The summed E-state index contributed by atoms with van der Waals surface area (Å²) in [7, 11) is 4.19. The van der Waals surface area contributed by atoms with Crippen LogP contribution in [0.5, 0.6) is 0 Å². The summed E-state index contributed by atoms with van der Waals surface area (Å²) in [5, 5.41) is 11.1. The maximum absolute atomic E-state index is 11.1. The molecule has 0 aliphatic rings. The van der Waals surface area contributed by atoms with E-state index in [0.29, 0.717) is 0 Å². The number of nitrogens with zero attached hydrogens (tertiary/aromatic N) is 1. The molecular formula is C21H30ClNO. The molecule has 2 aromatic carbocycles. The van der Waals surface area contributed by atoms with E-state index in [9.17, 15) is 5.11 Å². The number of aliphatic hydroxyl groups excluding tert-OH is 1. The van der Waals surface area contributed by atoms with Gasteiger partial charge in [-0.3, -0.25) is 0 Å². The zero-order valence-corrected chi connectivity index (χ0v) is 16.0. The van der Waals surface area contributed by atoms with Gasteiger partial charge in [-0.1, -0.05) is 74.5 Å². The molecule has 2 nitrogen and oxygen atoms in total. The molecule has 0 fully saturated rings. The van der Waals surface area contributed by atoms with E-state index in [1.54, 1.807) is 0 Å². The molecule has 0 spiro atoms. The molecule has 0 amide bonds. The smallest absolute Gasteiger partial charge is 0.0677 e. The Hall–Kier alpha value is -1.35. The highest BCUT2D eigenvalue weighted by molar-refractivity contribution is 5.85. The van der Waals surface area contributed by atoms with E-state index in [0.717, 1.165) is 13.0 Å². The molecule has 0 bridgehead atoms. The maximum Gasteiger partial charge on any atom is 0.0677 e. The first kappa shape index (κ1) is 20.7. The highest BCUT2D eigenvalue weighted by Gasteiger charge is 2.45. The first-order valence-corrected chi connectivity index (χ1v) is 8.47. The van der Waals surface area contributed by atoms with E-state index in [-0.39, 0.29) is 18.3 Å². The summed E-state index contributed by atoms with van der Waals surface area (Å²) in [6.45, 7) is 5.23. The van der Waals surface area contributed by atoms with Crippen molar-refractivity contribution in [3.8, 4) is 0 Å². The van der Waals surface area contributed by atoms with Crippen LogP contribution in [0.25, 0.3) is 0 Å². The first-order valence-electron chi connectivity index (χ1n) is 8.47. The minimum absolute atomic E-state index is 0. The second-order valence-electron chi connectivity index (χ2n) is 6.69. The van der Waals surface area contributed by atoms with Crippen LogP contribution in [0.4, 0.5) is 0 Å². The van der Waals surface area contributed by atoms with Crippen LogP contribution in [0.15, 0.2) is 60.7 Å². The van der Waals surface area contributed by atoms with E-state index >= 15 is 0 Å². The van der Waals surface area contributed by atoms with Crippen molar-refractivity contribution in [3.63, 3.8) is 0 Å². The third-order valence-electron chi connectivity index (χ3n) is 4.83. The standard InChI is InChI=1S/C21H29NO.ClH/c1-5-20(23)21(17(2)16-22(3)4,18-12-8-6-9-13-18)19-14-10-7-11-15-19;/h6-15,17,20,23H,5,16H2,1-4H3;1H. The van der Waals surface area contributed by atoms with Crippen molar-refractivity contribution in [1.29, 1.82) is 0 Å². The molecule has 0 heterocycles. The molecule has 2 aromatic rings. The zero-order valence-electron chi connectivity index (χ0n) is 15.1. The van der Waals surface area contributed by atoms with Crippen LogP contribution in [0, 0.1) is 5.92 Å². The second-order valence-corrected chi connectivity index (χ2v) is 6.69. The van der Waals surface area contributed by atoms with Gasteiger partial charge in [0, 0.05) is 12.0 Å². The van der Waals surface area contributed by atoms with Crippen molar-refractivity contribution in [2.24, 2.45) is 5.92 Å². The maximum atomic E-state index is 11.1. The molecule has 2 atom stereocenters. The second kappa shape index (κ2) is 9.22. The van der Waals surface area contributed by atoms with Gasteiger partial charge in [0.15, 0.2) is 0 Å². The molecule has 1 N–H and O–H groups in total. The predicted octanol–water partition coefficient (Wildman–Crippen LogP) is 4.36. The van der Waals surface area contributed by atoms with Gasteiger partial charge in [-0.05, 0) is 37.6 Å². The molecule has 0 aliphatic heterocycles. The Bertz CT molecular complexity index is 546. The summed E-state index contributed by atoms with van der Waals surface area (Å²) >= 11 is 0. The molecule has 0 aromatic heterocycles. The van der Waals surface area contributed by atoms with Gasteiger partial charge in [-0.25, -0.2) is 0 Å². The van der Waals surface area contributed by atoms with Gasteiger partial charge in [-0.15, -0.1) is 12.4 Å². The molecule has 0 aliphatic carbocycles. The van der Waals surface area contributed by atoms with E-state index in [1.807, 2.05) is 12.1 Å². The lowest BCUT2D eigenvalue weighted by molar-refractivity contribution is 0.0580. The minimum atomic E-state index is -0.428. The SMILES string of the molecule is CCC(O)C(c1ccccc1)(c1ccccc1)C(C)CN(C)C.Cl. The molecule has 3 heteroatoms. The lowest BCUT2D eigenvalue weighted by Crippen LogP contribution is -2.49. The molecule has 24 heavy (non-hydrogen) atoms. The quantitative estimate of drug-likeness (QED) is 0.804. The number of rotatable bonds is 7. The van der Waals surface area contributed by atoms with Crippen molar-refractivity contribution >= 4 is 12.4 Å². The summed E-state index contributed by atoms with van der Waals surface area (Å²) in [6.07, 6.45) is 0.295. The van der Waals surface area contributed by atoms with Gasteiger partial charge in [0.1, 0.15) is 0 Å². The Morgan fingerprint density at radius 2 is 1.33 bits per heavy atom. The van der Waals surface area contributed by atoms with Gasteiger partial charge < -0.3 is 10.0 Å². The number of aliphatic hydroxyl groups is 1. The van der Waals surface area contributed by atoms with E-state index in [4.69, 9.17) is 0 Å². The lowest BCUT2D eigenvalue weighted by Gasteiger charge is -2.45. The fourth-order valence-corrected chi connectivity index (χ4v) is 3.89. The summed E-state index contributed by atoms with van der Waals surface area (Å²) in [5.74, 6) is 0.275. The Morgan fingerprint density at radius 1 is 0.917 bits per heavy atom. The van der Waals surface area contributed by atoms with Crippen molar-refractivity contribution in [2.75, 3.05) is 20.6 Å². The fraction of sp³-hybridized carbons (Fsp3) is 0.429. The molecule has 0 saturated carbocycles. The predicted molar refractivity (Wildman–Crippen MR) is 105 cm³/mol. The minimum Gasteiger partial charge on any atom is -0.392 e. The third kappa shape index (κ3) is 4.00. The van der Waals surface area contributed by atoms with E-state index in [2.05, 4.69) is 81.4 Å². The summed E-state index contributed by atoms with van der Waals surface area (Å²) in [5.41, 5.74) is 1.98. The van der Waals surface area contributed by atoms with Crippen LogP contribution in [0.2, 0.25) is 0 Å². The Balaban J connectivity index is 0.00000288. The van der Waals surface area contributed by atoms with Crippen molar-refractivity contribution in [1.82, 2.24) is 4.90 Å². The number of hydrogen-bond donors (Lipinski definition) is 1. The largest absolute Gasteiger partial charge is 0.392 e. The summed E-state index contributed by atoms with van der Waals surface area (Å²) in [6, 6.07) is 20.9. The van der Waals surface area contributed by atoms with Gasteiger partial charge in [0.05, 0.1) is 6.10 Å².